The molecule has 3 aromatic rings. The lowest BCUT2D eigenvalue weighted by molar-refractivity contribution is 0.00972. The molecule has 0 saturated carbocycles. The Balaban J connectivity index is 1.43. The number of aromatic amines is 1. The monoisotopic (exact) mass is 377 g/mol. The third-order valence-corrected chi connectivity index (χ3v) is 5.04. The summed E-state index contributed by atoms with van der Waals surface area (Å²) in [4.78, 5) is 14.5. The average Bonchev–Trinajstić information content (AvgIpc) is 3.23. The lowest BCUT2D eigenvalue weighted by atomic mass is 9.99. The van der Waals surface area contributed by atoms with E-state index in [0.29, 0.717) is 24.5 Å². The minimum atomic E-state index is -0.107. The third-order valence-electron chi connectivity index (χ3n) is 5.04. The molecule has 6 heteroatoms. The van der Waals surface area contributed by atoms with Crippen molar-refractivity contribution in [2.45, 2.75) is 19.1 Å². The Labute approximate surface area is 164 Å². The first-order valence-electron chi connectivity index (χ1n) is 9.27. The van der Waals surface area contributed by atoms with Crippen LogP contribution < -0.4 is 4.74 Å². The fourth-order valence-electron chi connectivity index (χ4n) is 3.48. The van der Waals surface area contributed by atoms with Crippen LogP contribution in [0.4, 0.5) is 0 Å². The number of rotatable bonds is 5. The summed E-state index contributed by atoms with van der Waals surface area (Å²) in [7, 11) is 3.41. The molecule has 0 saturated heterocycles. The largest absolute Gasteiger partial charge is 0.497 e. The minimum Gasteiger partial charge on any atom is -0.497 e. The van der Waals surface area contributed by atoms with Gasteiger partial charge in [0.15, 0.2) is 0 Å². The number of carbonyl (C=O) groups is 1. The van der Waals surface area contributed by atoms with Crippen LogP contribution in [-0.4, -0.2) is 47.8 Å². The SMILES string of the molecule is COc1cccc(-c2cc(C(=O)N(C)CC3Cc4ccccc4CO3)[nH]n2)c1. The molecule has 2 aromatic carbocycles. The third kappa shape index (κ3) is 3.77. The maximum Gasteiger partial charge on any atom is 0.271 e. The molecule has 4 rings (SSSR count). The highest BCUT2D eigenvalue weighted by molar-refractivity contribution is 5.93. The lowest BCUT2D eigenvalue weighted by Crippen LogP contribution is -2.38. The van der Waals surface area contributed by atoms with Crippen molar-refractivity contribution >= 4 is 5.91 Å². The molecule has 28 heavy (non-hydrogen) atoms. The van der Waals surface area contributed by atoms with Crippen molar-refractivity contribution in [2.24, 2.45) is 0 Å². The molecule has 6 nitrogen and oxygen atoms in total. The molecule has 1 unspecified atom stereocenters. The van der Waals surface area contributed by atoms with Crippen molar-refractivity contribution in [3.05, 3.63) is 71.4 Å². The number of likely N-dealkylation sites (N-methyl/N-ethyl adjacent to an activating group) is 1. The van der Waals surface area contributed by atoms with Crippen LogP contribution in [0.1, 0.15) is 21.6 Å². The van der Waals surface area contributed by atoms with E-state index in [0.717, 1.165) is 17.7 Å². The molecule has 1 aliphatic heterocycles. The van der Waals surface area contributed by atoms with Crippen LogP contribution in [0.2, 0.25) is 0 Å². The van der Waals surface area contributed by atoms with Gasteiger partial charge in [0.1, 0.15) is 11.4 Å². The Morgan fingerprint density at radius 2 is 2.04 bits per heavy atom. The summed E-state index contributed by atoms with van der Waals surface area (Å²) >= 11 is 0. The Kier molecular flexibility index (Phi) is 5.12. The number of methoxy groups -OCH3 is 1. The zero-order chi connectivity index (χ0) is 19.5. The van der Waals surface area contributed by atoms with Crippen LogP contribution in [0.3, 0.4) is 0 Å². The number of aromatic nitrogens is 2. The molecule has 0 bridgehead atoms. The van der Waals surface area contributed by atoms with E-state index in [9.17, 15) is 4.79 Å². The summed E-state index contributed by atoms with van der Waals surface area (Å²) in [6.07, 6.45) is 0.802. The van der Waals surface area contributed by atoms with E-state index < -0.39 is 0 Å². The van der Waals surface area contributed by atoms with E-state index in [1.54, 1.807) is 25.1 Å². The number of hydrogen-bond acceptors (Lipinski definition) is 4. The highest BCUT2D eigenvalue weighted by Crippen LogP contribution is 2.24. The molecule has 1 N–H and O–H groups in total. The molecule has 1 atom stereocenters. The molecular weight excluding hydrogens is 354 g/mol. The van der Waals surface area contributed by atoms with E-state index in [-0.39, 0.29) is 12.0 Å². The molecule has 1 aromatic heterocycles. The van der Waals surface area contributed by atoms with Gasteiger partial charge in [-0.25, -0.2) is 0 Å². The number of hydrogen-bond donors (Lipinski definition) is 1. The average molecular weight is 377 g/mol. The van der Waals surface area contributed by atoms with Crippen molar-refractivity contribution < 1.29 is 14.3 Å². The van der Waals surface area contributed by atoms with E-state index in [4.69, 9.17) is 9.47 Å². The van der Waals surface area contributed by atoms with Crippen molar-refractivity contribution in [1.29, 1.82) is 0 Å². The fraction of sp³-hybridized carbons (Fsp3) is 0.273. The second-order valence-corrected chi connectivity index (χ2v) is 6.99. The van der Waals surface area contributed by atoms with Gasteiger partial charge in [-0.15, -0.1) is 0 Å². The normalized spacial score (nSPS) is 15.7. The maximum absolute atomic E-state index is 12.8. The van der Waals surface area contributed by atoms with Crippen molar-refractivity contribution in [3.8, 4) is 17.0 Å². The molecule has 2 heterocycles. The molecule has 0 spiro atoms. The highest BCUT2D eigenvalue weighted by Gasteiger charge is 2.23. The standard InChI is InChI=1S/C22H23N3O3/c1-25(13-19-10-15-6-3-4-7-17(15)14-28-19)22(26)21-12-20(23-24-21)16-8-5-9-18(11-16)27-2/h3-9,11-12,19H,10,13-14H2,1-2H3,(H,23,24). The Morgan fingerprint density at radius 1 is 1.21 bits per heavy atom. The first-order valence-corrected chi connectivity index (χ1v) is 9.27. The van der Waals surface area contributed by atoms with Crippen LogP contribution in [0, 0.1) is 0 Å². The second-order valence-electron chi connectivity index (χ2n) is 6.99. The van der Waals surface area contributed by atoms with Gasteiger partial charge in [0, 0.05) is 25.6 Å². The minimum absolute atomic E-state index is 0.00961. The Hall–Kier alpha value is -3.12. The topological polar surface area (TPSA) is 67.4 Å². The van der Waals surface area contributed by atoms with E-state index in [2.05, 4.69) is 22.3 Å². The first-order chi connectivity index (χ1) is 13.6. The molecule has 0 fully saturated rings. The Bertz CT molecular complexity index is 982. The van der Waals surface area contributed by atoms with Gasteiger partial charge in [-0.1, -0.05) is 36.4 Å². The van der Waals surface area contributed by atoms with Gasteiger partial charge in [-0.3, -0.25) is 9.89 Å². The predicted octanol–water partition coefficient (Wildman–Crippen LogP) is 3.30. The molecule has 1 amide bonds. The highest BCUT2D eigenvalue weighted by atomic mass is 16.5. The van der Waals surface area contributed by atoms with Gasteiger partial charge in [0.05, 0.1) is 25.5 Å². The van der Waals surface area contributed by atoms with Crippen LogP contribution in [0.15, 0.2) is 54.6 Å². The van der Waals surface area contributed by atoms with Gasteiger partial charge >= 0.3 is 0 Å². The quantitative estimate of drug-likeness (QED) is 0.741. The van der Waals surface area contributed by atoms with Gasteiger partial charge in [-0.2, -0.15) is 5.10 Å². The van der Waals surface area contributed by atoms with Crippen LogP contribution in [0.5, 0.6) is 5.75 Å². The van der Waals surface area contributed by atoms with Gasteiger partial charge in [0.25, 0.3) is 5.91 Å². The summed E-state index contributed by atoms with van der Waals surface area (Å²) in [5.41, 5.74) is 4.57. The van der Waals surface area contributed by atoms with Crippen LogP contribution in [-0.2, 0) is 17.8 Å². The fourth-order valence-corrected chi connectivity index (χ4v) is 3.48. The summed E-state index contributed by atoms with van der Waals surface area (Å²) in [5, 5.41) is 7.14. The molecule has 144 valence electrons. The van der Waals surface area contributed by atoms with Crippen LogP contribution in [0.25, 0.3) is 11.3 Å². The number of amides is 1. The van der Waals surface area contributed by atoms with E-state index in [1.165, 1.54) is 11.1 Å². The number of nitrogens with zero attached hydrogens (tertiary/aromatic N) is 2. The number of carbonyl (C=O) groups excluding carboxylic acids is 1. The molecule has 0 radical (unpaired) electrons. The Morgan fingerprint density at radius 3 is 2.86 bits per heavy atom. The number of ether oxygens (including phenoxy) is 2. The van der Waals surface area contributed by atoms with Crippen LogP contribution >= 0.6 is 0 Å². The number of nitrogens with one attached hydrogen (secondary N) is 1. The number of benzene rings is 2. The van der Waals surface area contributed by atoms with Crippen molar-refractivity contribution in [2.75, 3.05) is 20.7 Å². The van der Waals surface area contributed by atoms with E-state index >= 15 is 0 Å². The summed E-state index contributed by atoms with van der Waals surface area (Å²) < 4.78 is 11.2. The zero-order valence-corrected chi connectivity index (χ0v) is 16.0. The predicted molar refractivity (Wildman–Crippen MR) is 106 cm³/mol. The van der Waals surface area contributed by atoms with Gasteiger partial charge in [-0.05, 0) is 29.3 Å². The zero-order valence-electron chi connectivity index (χ0n) is 16.0. The smallest absolute Gasteiger partial charge is 0.271 e. The molecular formula is C22H23N3O3. The lowest BCUT2D eigenvalue weighted by Gasteiger charge is -2.28. The summed E-state index contributed by atoms with van der Waals surface area (Å²) in [6.45, 7) is 1.12. The number of H-pyrrole nitrogens is 1. The second kappa shape index (κ2) is 7.86. The van der Waals surface area contributed by atoms with Crippen molar-refractivity contribution in [1.82, 2.24) is 15.1 Å². The molecule has 1 aliphatic rings. The summed E-state index contributed by atoms with van der Waals surface area (Å²) in [5.74, 6) is 0.643. The number of fused-ring (bicyclic) bond motifs is 1. The van der Waals surface area contributed by atoms with Gasteiger partial charge < -0.3 is 14.4 Å². The van der Waals surface area contributed by atoms with E-state index in [1.807, 2.05) is 36.4 Å². The van der Waals surface area contributed by atoms with Gasteiger partial charge in [0.2, 0.25) is 0 Å². The first kappa shape index (κ1) is 18.3. The molecule has 0 aliphatic carbocycles. The van der Waals surface area contributed by atoms with Crippen molar-refractivity contribution in [3.63, 3.8) is 0 Å². The summed E-state index contributed by atoms with van der Waals surface area (Å²) in [6, 6.07) is 17.6. The maximum atomic E-state index is 12.8.